The average Bonchev–Trinajstić information content (AvgIpc) is 3.59. The molecule has 7 rings (SSSR count). The number of ether oxygens (including phenoxy) is 2. The molecule has 3 aromatic heterocycles. The molecule has 1 unspecified atom stereocenters. The molecule has 0 bridgehead atoms. The van der Waals surface area contributed by atoms with E-state index in [9.17, 15) is 10.2 Å². The Labute approximate surface area is 237 Å². The number of aromatic hydroxyl groups is 1. The fourth-order valence-corrected chi connectivity index (χ4v) is 6.81. The number of nitrogens with zero attached hydrogens (tertiary/aromatic N) is 6. The smallest absolute Gasteiger partial charge is 0.167 e. The van der Waals surface area contributed by atoms with Crippen molar-refractivity contribution in [1.82, 2.24) is 34.4 Å². The van der Waals surface area contributed by atoms with Gasteiger partial charge in [0.2, 0.25) is 0 Å². The SMILES string of the molecule is CC1O[C@H]2[C@@H](O)[C@H](n3cnc4c(N)ncnc43)O[C@@H]2CN1[C@H]1C[C@@H](CCc2nc3c(O)c(C(C)(C)C)ccc3[nH]2)C1. The summed E-state index contributed by atoms with van der Waals surface area (Å²) in [6, 6.07) is 4.41. The van der Waals surface area contributed by atoms with Gasteiger partial charge in [-0.1, -0.05) is 26.8 Å². The predicted octanol–water partition coefficient (Wildman–Crippen LogP) is 3.00. The maximum Gasteiger partial charge on any atom is 0.167 e. The molecule has 12 nitrogen and oxygen atoms in total. The van der Waals surface area contributed by atoms with E-state index < -0.39 is 18.4 Å². The molecule has 5 N–H and O–H groups in total. The van der Waals surface area contributed by atoms with Crippen LogP contribution in [0.3, 0.4) is 0 Å². The number of phenolic OH excluding ortho intramolecular Hbond substituents is 1. The number of phenols is 1. The van der Waals surface area contributed by atoms with Crippen molar-refractivity contribution in [3.05, 3.63) is 36.2 Å². The summed E-state index contributed by atoms with van der Waals surface area (Å²) in [5.41, 5.74) is 9.26. The molecule has 3 aliphatic rings. The highest BCUT2D eigenvalue weighted by Gasteiger charge is 2.52. The van der Waals surface area contributed by atoms with E-state index in [1.165, 1.54) is 6.33 Å². The third-order valence-electron chi connectivity index (χ3n) is 9.14. The molecule has 3 fully saturated rings. The Balaban J connectivity index is 0.967. The maximum atomic E-state index is 11.1. The standard InChI is InChI=1S/C29H38N8O4/c1-14-36(11-19-25(40-14)24(39)28(41-19)37-13-33-22-26(30)31-12-32-27(22)37)16-9-15(10-16)5-8-20-34-18-7-6-17(29(2,3)4)23(38)21(18)35-20/h6-7,12-16,19,24-25,28,38-39H,5,8-11H2,1-4H3,(H,34,35)(H2,30,31,32)/t14?,15-,16+,19-,24-,25-,28-/m1/s1. The number of aromatic nitrogens is 6. The van der Waals surface area contributed by atoms with Crippen LogP contribution in [0.25, 0.3) is 22.2 Å². The second-order valence-corrected chi connectivity index (χ2v) is 12.9. The summed E-state index contributed by atoms with van der Waals surface area (Å²) in [4.78, 5) is 23.1. The Kier molecular flexibility index (Phi) is 6.23. The predicted molar refractivity (Wildman–Crippen MR) is 152 cm³/mol. The van der Waals surface area contributed by atoms with Gasteiger partial charge in [0.1, 0.15) is 53.5 Å². The normalized spacial score (nSPS) is 30.6. The Morgan fingerprint density at radius 1 is 1.12 bits per heavy atom. The van der Waals surface area contributed by atoms with Crippen molar-refractivity contribution >= 4 is 28.0 Å². The van der Waals surface area contributed by atoms with E-state index >= 15 is 0 Å². The second kappa shape index (κ2) is 9.62. The fourth-order valence-electron chi connectivity index (χ4n) is 6.81. The van der Waals surface area contributed by atoms with Crippen LogP contribution < -0.4 is 5.73 Å². The number of nitrogens with two attached hydrogens (primary N) is 1. The van der Waals surface area contributed by atoms with Gasteiger partial charge in [0.05, 0.1) is 11.8 Å². The number of fused-ring (bicyclic) bond motifs is 3. The highest BCUT2D eigenvalue weighted by atomic mass is 16.6. The lowest BCUT2D eigenvalue weighted by atomic mass is 9.76. The number of aliphatic hydroxyl groups is 1. The minimum atomic E-state index is -0.852. The Morgan fingerprint density at radius 2 is 1.93 bits per heavy atom. The van der Waals surface area contributed by atoms with Crippen molar-refractivity contribution in [3.63, 3.8) is 0 Å². The van der Waals surface area contributed by atoms with Crippen molar-refractivity contribution in [3.8, 4) is 5.75 Å². The van der Waals surface area contributed by atoms with Crippen molar-refractivity contribution < 1.29 is 19.7 Å². The maximum absolute atomic E-state index is 11.1. The highest BCUT2D eigenvalue weighted by Crippen LogP contribution is 2.42. The second-order valence-electron chi connectivity index (χ2n) is 12.9. The Morgan fingerprint density at radius 3 is 2.71 bits per heavy atom. The number of H-pyrrole nitrogens is 1. The van der Waals surface area contributed by atoms with E-state index in [1.807, 2.05) is 12.1 Å². The zero-order valence-corrected chi connectivity index (χ0v) is 23.9. The highest BCUT2D eigenvalue weighted by molar-refractivity contribution is 5.83. The van der Waals surface area contributed by atoms with Gasteiger partial charge in [-0.05, 0) is 43.6 Å². The average molecular weight is 563 g/mol. The zero-order chi connectivity index (χ0) is 28.6. The van der Waals surface area contributed by atoms with Gasteiger partial charge in [-0.2, -0.15) is 0 Å². The summed E-state index contributed by atoms with van der Waals surface area (Å²) in [5.74, 6) is 2.09. The number of benzene rings is 1. The largest absolute Gasteiger partial charge is 0.505 e. The molecular weight excluding hydrogens is 524 g/mol. The Hall–Kier alpha value is -3.32. The van der Waals surface area contributed by atoms with Crippen LogP contribution >= 0.6 is 0 Å². The first-order valence-corrected chi connectivity index (χ1v) is 14.5. The van der Waals surface area contributed by atoms with Gasteiger partial charge in [0.25, 0.3) is 0 Å². The van der Waals surface area contributed by atoms with Gasteiger partial charge >= 0.3 is 0 Å². The number of nitrogen functional groups attached to an aromatic ring is 1. The number of hydrogen-bond donors (Lipinski definition) is 4. The Bertz CT molecular complexity index is 1590. The van der Waals surface area contributed by atoms with Crippen LogP contribution in [0.4, 0.5) is 5.82 Å². The van der Waals surface area contributed by atoms with Crippen LogP contribution in [-0.2, 0) is 21.3 Å². The molecule has 12 heteroatoms. The molecule has 41 heavy (non-hydrogen) atoms. The first-order valence-electron chi connectivity index (χ1n) is 14.5. The van der Waals surface area contributed by atoms with Crippen LogP contribution in [0, 0.1) is 5.92 Å². The first kappa shape index (κ1) is 26.6. The number of imidazole rings is 2. The van der Waals surface area contributed by atoms with Gasteiger partial charge in [-0.3, -0.25) is 9.47 Å². The number of rotatable bonds is 5. The van der Waals surface area contributed by atoms with E-state index in [4.69, 9.17) is 20.2 Å². The lowest BCUT2D eigenvalue weighted by Crippen LogP contribution is -2.59. The summed E-state index contributed by atoms with van der Waals surface area (Å²) < 4.78 is 14.4. The molecular formula is C29H38N8O4. The number of nitrogens with one attached hydrogen (secondary N) is 1. The van der Waals surface area contributed by atoms with Gasteiger partial charge < -0.3 is 30.4 Å². The van der Waals surface area contributed by atoms with Crippen LogP contribution in [-0.4, -0.2) is 81.7 Å². The van der Waals surface area contributed by atoms with E-state index in [2.05, 4.69) is 52.5 Å². The van der Waals surface area contributed by atoms with Crippen LogP contribution in [0.1, 0.15) is 64.6 Å². The van der Waals surface area contributed by atoms with Crippen molar-refractivity contribution in [2.75, 3.05) is 12.3 Å². The summed E-state index contributed by atoms with van der Waals surface area (Å²) >= 11 is 0. The number of aryl methyl sites for hydroxylation is 1. The molecule has 0 radical (unpaired) electrons. The first-order chi connectivity index (χ1) is 19.6. The minimum absolute atomic E-state index is 0.118. The minimum Gasteiger partial charge on any atom is -0.505 e. The van der Waals surface area contributed by atoms with E-state index in [0.29, 0.717) is 41.0 Å². The van der Waals surface area contributed by atoms with E-state index in [1.54, 1.807) is 10.9 Å². The zero-order valence-electron chi connectivity index (χ0n) is 23.9. The van der Waals surface area contributed by atoms with Crippen molar-refractivity contribution in [1.29, 1.82) is 0 Å². The summed E-state index contributed by atoms with van der Waals surface area (Å²) in [6.07, 6.45) is 4.70. The van der Waals surface area contributed by atoms with Gasteiger partial charge in [0, 0.05) is 24.6 Å². The molecule has 0 spiro atoms. The summed E-state index contributed by atoms with van der Waals surface area (Å²) in [6.45, 7) is 9.03. The molecule has 2 aliphatic heterocycles. The molecule has 2 saturated heterocycles. The molecule has 0 amide bonds. The third-order valence-corrected chi connectivity index (χ3v) is 9.14. The summed E-state index contributed by atoms with van der Waals surface area (Å²) in [5, 5.41) is 21.9. The number of anilines is 1. The van der Waals surface area contributed by atoms with Crippen LogP contribution in [0.2, 0.25) is 0 Å². The molecule has 5 heterocycles. The number of hydrogen-bond acceptors (Lipinski definition) is 10. The van der Waals surface area contributed by atoms with Crippen molar-refractivity contribution in [2.24, 2.45) is 5.92 Å². The van der Waals surface area contributed by atoms with E-state index in [-0.39, 0.29) is 23.5 Å². The lowest BCUT2D eigenvalue weighted by Gasteiger charge is -2.49. The van der Waals surface area contributed by atoms with Crippen molar-refractivity contribution in [2.45, 2.75) is 95.6 Å². The molecule has 1 saturated carbocycles. The third kappa shape index (κ3) is 4.44. The number of aliphatic hydroxyl groups excluding tert-OH is 1. The fraction of sp³-hybridized carbons (Fsp3) is 0.586. The summed E-state index contributed by atoms with van der Waals surface area (Å²) in [7, 11) is 0. The molecule has 4 aromatic rings. The number of aromatic amines is 1. The van der Waals surface area contributed by atoms with Gasteiger partial charge in [0.15, 0.2) is 17.7 Å². The molecule has 1 aromatic carbocycles. The van der Waals surface area contributed by atoms with Gasteiger partial charge in [-0.15, -0.1) is 0 Å². The monoisotopic (exact) mass is 562 g/mol. The van der Waals surface area contributed by atoms with Crippen LogP contribution in [0.15, 0.2) is 24.8 Å². The quantitative estimate of drug-likeness (QED) is 0.285. The van der Waals surface area contributed by atoms with Crippen LogP contribution in [0.5, 0.6) is 5.75 Å². The van der Waals surface area contributed by atoms with Gasteiger partial charge in [-0.25, -0.2) is 19.9 Å². The molecule has 218 valence electrons. The molecule has 5 atom stereocenters. The lowest BCUT2D eigenvalue weighted by molar-refractivity contribution is -0.199. The van der Waals surface area contributed by atoms with E-state index in [0.717, 1.165) is 42.6 Å². The topological polar surface area (TPSA) is 160 Å². The molecule has 1 aliphatic carbocycles.